The van der Waals surface area contributed by atoms with Crippen molar-refractivity contribution >= 4 is 29.9 Å². The highest BCUT2D eigenvalue weighted by molar-refractivity contribution is 5.95. The molecule has 0 aliphatic carbocycles. The van der Waals surface area contributed by atoms with Crippen molar-refractivity contribution in [1.29, 1.82) is 0 Å². The smallest absolute Gasteiger partial charge is 0.308 e. The number of allylic oxidation sites excluding steroid dienone is 1. The van der Waals surface area contributed by atoms with E-state index in [1.807, 2.05) is 0 Å². The van der Waals surface area contributed by atoms with E-state index in [0.29, 0.717) is 24.1 Å². The molecule has 1 amide bonds. The number of nitrogens with zero attached hydrogens (tertiary/aromatic N) is 1. The second-order valence-electron chi connectivity index (χ2n) is 4.95. The van der Waals surface area contributed by atoms with Gasteiger partial charge in [0.2, 0.25) is 5.91 Å². The van der Waals surface area contributed by atoms with Crippen LogP contribution >= 0.6 is 12.4 Å². The fraction of sp³-hybridized carbons (Fsp3) is 0.333. The molecular weight excluding hydrogens is 297 g/mol. The van der Waals surface area contributed by atoms with Gasteiger partial charge in [-0.3, -0.25) is 9.59 Å². The molecule has 1 aliphatic heterocycles. The first-order chi connectivity index (χ1) is 9.47. The molecule has 1 aromatic rings. The van der Waals surface area contributed by atoms with Gasteiger partial charge in [0.05, 0.1) is 5.92 Å². The van der Waals surface area contributed by atoms with Crippen LogP contribution in [0.2, 0.25) is 0 Å². The van der Waals surface area contributed by atoms with E-state index in [0.717, 1.165) is 0 Å². The zero-order chi connectivity index (χ0) is 14.7. The molecule has 1 saturated heterocycles. The summed E-state index contributed by atoms with van der Waals surface area (Å²) in [4.78, 5) is 24.4. The van der Waals surface area contributed by atoms with E-state index in [-0.39, 0.29) is 30.7 Å². The molecule has 0 radical (unpaired) electrons. The molecule has 0 bridgehead atoms. The van der Waals surface area contributed by atoms with Gasteiger partial charge in [0.25, 0.3) is 0 Å². The lowest BCUT2D eigenvalue weighted by molar-refractivity contribution is -0.141. The zero-order valence-electron chi connectivity index (χ0n) is 11.6. The number of carboxylic acid groups (broad SMARTS) is 1. The zero-order valence-corrected chi connectivity index (χ0v) is 12.4. The summed E-state index contributed by atoms with van der Waals surface area (Å²) in [6, 6.07) is 6.02. The quantitative estimate of drug-likeness (QED) is 0.873. The van der Waals surface area contributed by atoms with Gasteiger partial charge in [-0.15, -0.1) is 12.4 Å². The number of hydrogen-bond acceptors (Lipinski definition) is 2. The summed E-state index contributed by atoms with van der Waals surface area (Å²) in [5.74, 6) is -1.93. The Morgan fingerprint density at radius 3 is 2.71 bits per heavy atom. The third kappa shape index (κ3) is 4.29. The van der Waals surface area contributed by atoms with Gasteiger partial charge in [-0.2, -0.15) is 0 Å². The van der Waals surface area contributed by atoms with Crippen LogP contribution in [-0.4, -0.2) is 35.0 Å². The van der Waals surface area contributed by atoms with E-state index >= 15 is 0 Å². The van der Waals surface area contributed by atoms with Gasteiger partial charge in [0, 0.05) is 19.2 Å². The molecule has 6 heteroatoms. The molecule has 1 fully saturated rings. The monoisotopic (exact) mass is 313 g/mol. The minimum Gasteiger partial charge on any atom is -0.481 e. The van der Waals surface area contributed by atoms with Crippen LogP contribution in [0.1, 0.15) is 18.9 Å². The van der Waals surface area contributed by atoms with E-state index in [2.05, 4.69) is 0 Å². The summed E-state index contributed by atoms with van der Waals surface area (Å²) in [5, 5.41) is 8.91. The molecule has 1 N–H and O–H groups in total. The standard InChI is InChI=1S/C15H16FNO3.ClH/c1-10(11-3-2-4-13(16)8-11)7-14(18)17-6-5-12(9-17)15(19)20;/h2-4,7-8,12H,5-6,9H2,1H3,(H,19,20);1H. The first-order valence-electron chi connectivity index (χ1n) is 6.43. The fourth-order valence-electron chi connectivity index (χ4n) is 2.26. The summed E-state index contributed by atoms with van der Waals surface area (Å²) >= 11 is 0. The average Bonchev–Trinajstić information content (AvgIpc) is 2.88. The summed E-state index contributed by atoms with van der Waals surface area (Å²) in [6.07, 6.45) is 1.91. The van der Waals surface area contributed by atoms with Crippen LogP contribution in [0.5, 0.6) is 0 Å². The number of carbonyl (C=O) groups is 2. The Hall–Kier alpha value is -1.88. The number of amides is 1. The average molecular weight is 314 g/mol. The van der Waals surface area contributed by atoms with Crippen LogP contribution in [0.4, 0.5) is 4.39 Å². The molecule has 0 saturated carbocycles. The lowest BCUT2D eigenvalue weighted by Crippen LogP contribution is -2.28. The third-order valence-electron chi connectivity index (χ3n) is 3.47. The number of carbonyl (C=O) groups excluding carboxylic acids is 1. The van der Waals surface area contributed by atoms with Crippen LogP contribution in [0.25, 0.3) is 5.57 Å². The van der Waals surface area contributed by atoms with E-state index in [9.17, 15) is 14.0 Å². The molecule has 4 nitrogen and oxygen atoms in total. The SMILES string of the molecule is CC(=CC(=O)N1CCC(C(=O)O)C1)c1cccc(F)c1.Cl. The molecule has 21 heavy (non-hydrogen) atoms. The van der Waals surface area contributed by atoms with Gasteiger partial charge >= 0.3 is 5.97 Å². The Balaban J connectivity index is 0.00000220. The first-order valence-corrected chi connectivity index (χ1v) is 6.43. The van der Waals surface area contributed by atoms with Crippen molar-refractivity contribution < 1.29 is 19.1 Å². The van der Waals surface area contributed by atoms with Crippen molar-refractivity contribution in [3.8, 4) is 0 Å². The lowest BCUT2D eigenvalue weighted by Gasteiger charge is -2.14. The Kier molecular flexibility index (Phi) is 5.90. The maximum absolute atomic E-state index is 13.1. The molecule has 114 valence electrons. The number of carboxylic acids is 1. The largest absolute Gasteiger partial charge is 0.481 e. The molecular formula is C15H17ClFNO3. The van der Waals surface area contributed by atoms with Crippen LogP contribution < -0.4 is 0 Å². The van der Waals surface area contributed by atoms with E-state index in [1.165, 1.54) is 23.1 Å². The molecule has 0 spiro atoms. The number of rotatable bonds is 3. The fourth-order valence-corrected chi connectivity index (χ4v) is 2.26. The highest BCUT2D eigenvalue weighted by Gasteiger charge is 2.29. The van der Waals surface area contributed by atoms with Gasteiger partial charge in [0.1, 0.15) is 5.82 Å². The van der Waals surface area contributed by atoms with Gasteiger partial charge < -0.3 is 10.0 Å². The van der Waals surface area contributed by atoms with Crippen molar-refractivity contribution in [3.05, 3.63) is 41.7 Å². The Labute approximate surface area is 128 Å². The van der Waals surface area contributed by atoms with E-state index in [1.54, 1.807) is 19.1 Å². The third-order valence-corrected chi connectivity index (χ3v) is 3.47. The second kappa shape index (κ2) is 7.22. The second-order valence-corrected chi connectivity index (χ2v) is 4.95. The minimum atomic E-state index is -0.869. The maximum Gasteiger partial charge on any atom is 0.308 e. The van der Waals surface area contributed by atoms with Crippen molar-refractivity contribution in [2.75, 3.05) is 13.1 Å². The van der Waals surface area contributed by atoms with Crippen LogP contribution in [0.15, 0.2) is 30.3 Å². The predicted molar refractivity (Wildman–Crippen MR) is 79.6 cm³/mol. The van der Waals surface area contributed by atoms with Gasteiger partial charge in [-0.05, 0) is 36.6 Å². The highest BCUT2D eigenvalue weighted by Crippen LogP contribution is 2.19. The number of aliphatic carboxylic acids is 1. The number of benzene rings is 1. The van der Waals surface area contributed by atoms with Gasteiger partial charge in [-0.1, -0.05) is 12.1 Å². The van der Waals surface area contributed by atoms with Crippen LogP contribution in [-0.2, 0) is 9.59 Å². The van der Waals surface area contributed by atoms with Crippen molar-refractivity contribution in [2.24, 2.45) is 5.92 Å². The van der Waals surface area contributed by atoms with E-state index in [4.69, 9.17) is 5.11 Å². The molecule has 1 heterocycles. The summed E-state index contributed by atoms with van der Waals surface area (Å²) in [7, 11) is 0. The predicted octanol–water partition coefficient (Wildman–Crippen LogP) is 2.58. The molecule has 1 unspecified atom stereocenters. The highest BCUT2D eigenvalue weighted by atomic mass is 35.5. The molecule has 1 atom stereocenters. The Bertz CT molecular complexity index is 574. The van der Waals surface area contributed by atoms with Crippen LogP contribution in [0.3, 0.4) is 0 Å². The first kappa shape index (κ1) is 17.2. The Morgan fingerprint density at radius 1 is 1.43 bits per heavy atom. The molecule has 2 rings (SSSR count). The van der Waals surface area contributed by atoms with Gasteiger partial charge in [0.15, 0.2) is 0 Å². The molecule has 1 aliphatic rings. The normalized spacial score (nSPS) is 18.3. The summed E-state index contributed by atoms with van der Waals surface area (Å²) in [5.41, 5.74) is 1.31. The number of likely N-dealkylation sites (tertiary alicyclic amines) is 1. The topological polar surface area (TPSA) is 57.6 Å². The van der Waals surface area contributed by atoms with Crippen molar-refractivity contribution in [3.63, 3.8) is 0 Å². The minimum absolute atomic E-state index is 0. The van der Waals surface area contributed by atoms with Gasteiger partial charge in [-0.25, -0.2) is 4.39 Å². The number of halogens is 2. The summed E-state index contributed by atoms with van der Waals surface area (Å²) in [6.45, 7) is 2.42. The van der Waals surface area contributed by atoms with Crippen LogP contribution in [0, 0.1) is 11.7 Å². The maximum atomic E-state index is 13.1. The van der Waals surface area contributed by atoms with Crippen molar-refractivity contribution in [2.45, 2.75) is 13.3 Å². The lowest BCUT2D eigenvalue weighted by atomic mass is 10.1. The van der Waals surface area contributed by atoms with E-state index < -0.39 is 11.9 Å². The Morgan fingerprint density at radius 2 is 2.14 bits per heavy atom. The molecule has 1 aromatic carbocycles. The number of hydrogen-bond donors (Lipinski definition) is 1. The van der Waals surface area contributed by atoms with Crippen molar-refractivity contribution in [1.82, 2.24) is 4.90 Å². The summed E-state index contributed by atoms with van der Waals surface area (Å²) < 4.78 is 13.1. The molecule has 0 aromatic heterocycles.